The van der Waals surface area contributed by atoms with Crippen molar-refractivity contribution in [3.63, 3.8) is 0 Å². The van der Waals surface area contributed by atoms with Gasteiger partial charge in [0, 0.05) is 14.1 Å². The number of allylic oxidation sites excluding steroid dienone is 4. The van der Waals surface area contributed by atoms with Crippen LogP contribution in [0.3, 0.4) is 0 Å². The molecule has 2 aliphatic rings. The Morgan fingerprint density at radius 1 is 0.737 bits per heavy atom. The molecule has 0 heterocycles. The third-order valence-electron chi connectivity index (χ3n) is 6.17. The van der Waals surface area contributed by atoms with Crippen molar-refractivity contribution in [3.8, 4) is 11.1 Å². The van der Waals surface area contributed by atoms with Crippen molar-refractivity contribution >= 4 is 8.89 Å². The summed E-state index contributed by atoms with van der Waals surface area (Å²) in [6.45, 7) is 2.08. The van der Waals surface area contributed by atoms with E-state index in [0.29, 0.717) is 0 Å². The molecule has 0 atom stereocenters. The molecule has 0 aliphatic heterocycles. The molecule has 38 heavy (non-hydrogen) atoms. The van der Waals surface area contributed by atoms with Crippen molar-refractivity contribution in [2.75, 3.05) is 19.0 Å². The van der Waals surface area contributed by atoms with Gasteiger partial charge in [-0.15, -0.1) is 30.5 Å². The SMILES string of the molecule is CC1=CC[C-]=C1.CN(C)c1[c-]c2c(cc1)-c1ccccc1C2.[Cl-].[Cl-].[Zr+2]=[C](c1ccccc1)c1ccccc1. The second-order valence-corrected chi connectivity index (χ2v) is 10.3. The predicted molar refractivity (Wildman–Crippen MR) is 150 cm³/mol. The average Bonchev–Trinajstić information content (AvgIpc) is 3.56. The molecule has 0 saturated carbocycles. The number of nitrogens with zero attached hydrogens (tertiary/aromatic N) is 1. The Morgan fingerprint density at radius 3 is 1.82 bits per heavy atom. The second kappa shape index (κ2) is 15.8. The number of benzene rings is 4. The molecule has 6 rings (SSSR count). The summed E-state index contributed by atoms with van der Waals surface area (Å²) >= 11 is 1.46. The fraction of sp³-hybridized carbons (Fsp3) is 0.147. The minimum absolute atomic E-state index is 0. The molecule has 2 aliphatic carbocycles. The maximum absolute atomic E-state index is 3.50. The summed E-state index contributed by atoms with van der Waals surface area (Å²) in [6.07, 6.45) is 9.26. The summed E-state index contributed by atoms with van der Waals surface area (Å²) in [7, 11) is 4.11. The average molecular weight is 616 g/mol. The second-order valence-electron chi connectivity index (χ2n) is 9.07. The Kier molecular flexibility index (Phi) is 13.2. The first-order valence-electron chi connectivity index (χ1n) is 12.3. The van der Waals surface area contributed by atoms with Crippen LogP contribution in [-0.4, -0.2) is 17.3 Å². The van der Waals surface area contributed by atoms with Crippen molar-refractivity contribution in [1.29, 1.82) is 0 Å². The van der Waals surface area contributed by atoms with Gasteiger partial charge in [-0.3, -0.25) is 6.08 Å². The summed E-state index contributed by atoms with van der Waals surface area (Å²) in [5.41, 5.74) is 10.6. The van der Waals surface area contributed by atoms with E-state index >= 15 is 0 Å². The topological polar surface area (TPSA) is 3.24 Å². The van der Waals surface area contributed by atoms with Gasteiger partial charge in [-0.05, 0) is 6.42 Å². The van der Waals surface area contributed by atoms with Crippen LogP contribution in [0.15, 0.2) is 115 Å². The fourth-order valence-electron chi connectivity index (χ4n) is 4.18. The zero-order valence-corrected chi connectivity index (χ0v) is 26.0. The molecule has 0 bridgehead atoms. The standard InChI is InChI=1S/C15H14N.C13H10.C6H7.2ClH.Zr/c1-16(2)13-7-8-15-12(10-13)9-11-5-3-4-6-14(11)15;1-3-7-12(8-4-1)11-13-9-5-2-6-10-13;1-6-4-2-3-5-6;;;/h3-8H,9H2,1-2H3;1-10H;4-5H,2H2,1H3;2*1H;/q-1;;-1;;;+2/p-2. The molecule has 4 aromatic carbocycles. The van der Waals surface area contributed by atoms with Crippen LogP contribution in [0.2, 0.25) is 0 Å². The fourth-order valence-corrected chi connectivity index (χ4v) is 5.00. The van der Waals surface area contributed by atoms with Gasteiger partial charge in [-0.1, -0.05) is 41.1 Å². The quantitative estimate of drug-likeness (QED) is 0.279. The zero-order chi connectivity index (χ0) is 25.3. The van der Waals surface area contributed by atoms with Crippen molar-refractivity contribution < 1.29 is 49.0 Å². The molecule has 4 aromatic rings. The summed E-state index contributed by atoms with van der Waals surface area (Å²) in [5, 5.41) is 0. The van der Waals surface area contributed by atoms with E-state index in [1.165, 1.54) is 66.4 Å². The monoisotopic (exact) mass is 613 g/mol. The molecule has 0 N–H and O–H groups in total. The molecule has 0 radical (unpaired) electrons. The summed E-state index contributed by atoms with van der Waals surface area (Å²) in [4.78, 5) is 2.10. The number of rotatable bonds is 3. The van der Waals surface area contributed by atoms with E-state index in [1.807, 2.05) is 6.08 Å². The molecule has 0 spiro atoms. The number of hydrogen-bond acceptors (Lipinski definition) is 1. The number of fused-ring (bicyclic) bond motifs is 3. The van der Waals surface area contributed by atoms with Crippen LogP contribution < -0.4 is 29.7 Å². The summed E-state index contributed by atoms with van der Waals surface area (Å²) in [5.74, 6) is 0. The molecule has 0 saturated heterocycles. The number of halogens is 2. The minimum atomic E-state index is 0. The summed E-state index contributed by atoms with van der Waals surface area (Å²) in [6, 6.07) is 37.6. The molecule has 0 unspecified atom stereocenters. The van der Waals surface area contributed by atoms with Crippen LogP contribution in [-0.2, 0) is 30.7 Å². The van der Waals surface area contributed by atoms with Gasteiger partial charge < -0.3 is 29.7 Å². The molecular formula is C34H31Cl2NZr-2. The predicted octanol–water partition coefficient (Wildman–Crippen LogP) is 1.63. The molecule has 192 valence electrons. The van der Waals surface area contributed by atoms with Gasteiger partial charge in [-0.2, -0.15) is 18.2 Å². The van der Waals surface area contributed by atoms with Crippen LogP contribution in [0.1, 0.15) is 35.6 Å². The zero-order valence-electron chi connectivity index (χ0n) is 22.0. The van der Waals surface area contributed by atoms with E-state index in [0.717, 1.165) is 18.5 Å². The van der Waals surface area contributed by atoms with Crippen LogP contribution in [0, 0.1) is 12.1 Å². The van der Waals surface area contributed by atoms with Crippen molar-refractivity contribution in [3.05, 3.63) is 149 Å². The number of anilines is 1. The van der Waals surface area contributed by atoms with E-state index < -0.39 is 0 Å². The Balaban J connectivity index is 0.000000212. The van der Waals surface area contributed by atoms with Crippen LogP contribution in [0.4, 0.5) is 5.69 Å². The molecule has 4 heteroatoms. The van der Waals surface area contributed by atoms with Crippen molar-refractivity contribution in [2.45, 2.75) is 19.8 Å². The van der Waals surface area contributed by atoms with Gasteiger partial charge in [0.1, 0.15) is 0 Å². The molecule has 0 amide bonds. The number of hydrogen-bond donors (Lipinski definition) is 0. The van der Waals surface area contributed by atoms with E-state index in [2.05, 4.69) is 141 Å². The van der Waals surface area contributed by atoms with E-state index in [-0.39, 0.29) is 24.8 Å². The molecule has 1 nitrogen and oxygen atoms in total. The van der Waals surface area contributed by atoms with Gasteiger partial charge in [0.25, 0.3) is 0 Å². The van der Waals surface area contributed by atoms with Crippen LogP contribution >= 0.6 is 0 Å². The van der Waals surface area contributed by atoms with Crippen molar-refractivity contribution in [1.82, 2.24) is 0 Å². The van der Waals surface area contributed by atoms with Crippen molar-refractivity contribution in [2.24, 2.45) is 0 Å². The Hall–Kier alpha value is -2.51. The van der Waals surface area contributed by atoms with E-state index in [4.69, 9.17) is 0 Å². The maximum atomic E-state index is 3.50. The van der Waals surface area contributed by atoms with E-state index in [9.17, 15) is 0 Å². The van der Waals surface area contributed by atoms with Gasteiger partial charge in [-0.25, -0.2) is 11.6 Å². The Bertz CT molecular complexity index is 1330. The van der Waals surface area contributed by atoms with Gasteiger partial charge in [0.15, 0.2) is 0 Å². The first-order chi connectivity index (χ1) is 17.5. The third kappa shape index (κ3) is 8.50. The summed E-state index contributed by atoms with van der Waals surface area (Å²) < 4.78 is 1.42. The Morgan fingerprint density at radius 2 is 1.32 bits per heavy atom. The molecule has 0 fully saturated rings. The molecule has 0 aromatic heterocycles. The van der Waals surface area contributed by atoms with Gasteiger partial charge in [0.05, 0.1) is 0 Å². The van der Waals surface area contributed by atoms with Crippen LogP contribution in [0.25, 0.3) is 11.1 Å². The normalized spacial score (nSPS) is 11.7. The van der Waals surface area contributed by atoms with Gasteiger partial charge in [0.2, 0.25) is 0 Å². The Labute approximate surface area is 255 Å². The van der Waals surface area contributed by atoms with Gasteiger partial charge >= 0.3 is 99.2 Å². The first kappa shape index (κ1) is 31.7. The first-order valence-corrected chi connectivity index (χ1v) is 13.5. The molecular weight excluding hydrogens is 585 g/mol. The third-order valence-corrected chi connectivity index (χ3v) is 7.58. The van der Waals surface area contributed by atoms with Crippen LogP contribution in [0.5, 0.6) is 0 Å². The van der Waals surface area contributed by atoms with E-state index in [1.54, 1.807) is 0 Å².